The Morgan fingerprint density at radius 3 is 2.48 bits per heavy atom. The number of nitrogens with one attached hydrogen (secondary N) is 1. The third-order valence-electron chi connectivity index (χ3n) is 4.47. The lowest BCUT2D eigenvalue weighted by atomic mass is 10.1. The molecular formula is C22H28N2O3. The van der Waals surface area contributed by atoms with Crippen LogP contribution in [0.2, 0.25) is 0 Å². The van der Waals surface area contributed by atoms with E-state index >= 15 is 0 Å². The van der Waals surface area contributed by atoms with Gasteiger partial charge in [-0.1, -0.05) is 49.4 Å². The van der Waals surface area contributed by atoms with E-state index in [1.54, 1.807) is 11.9 Å². The Kier molecular flexibility index (Phi) is 7.86. The van der Waals surface area contributed by atoms with Crippen LogP contribution < -0.4 is 10.1 Å². The van der Waals surface area contributed by atoms with Gasteiger partial charge in [0.1, 0.15) is 11.8 Å². The summed E-state index contributed by atoms with van der Waals surface area (Å²) in [6.45, 7) is 4.25. The topological polar surface area (TPSA) is 58.6 Å². The number of likely N-dealkylation sites (N-methyl/N-ethyl adjacent to an activating group) is 1. The van der Waals surface area contributed by atoms with Crippen LogP contribution in [0.5, 0.6) is 5.75 Å². The van der Waals surface area contributed by atoms with E-state index in [2.05, 4.69) is 5.32 Å². The van der Waals surface area contributed by atoms with E-state index in [0.29, 0.717) is 25.1 Å². The second kappa shape index (κ2) is 10.4. The Labute approximate surface area is 161 Å². The largest absolute Gasteiger partial charge is 0.484 e. The molecule has 0 saturated heterocycles. The van der Waals surface area contributed by atoms with Crippen LogP contribution >= 0.6 is 0 Å². The molecular weight excluding hydrogens is 340 g/mol. The van der Waals surface area contributed by atoms with Crippen molar-refractivity contribution in [2.75, 3.05) is 20.2 Å². The van der Waals surface area contributed by atoms with Crippen LogP contribution in [0.1, 0.15) is 24.5 Å². The molecule has 144 valence electrons. The van der Waals surface area contributed by atoms with Crippen LogP contribution in [0, 0.1) is 6.92 Å². The Bertz CT molecular complexity index is 746. The fraction of sp³-hybridized carbons (Fsp3) is 0.364. The monoisotopic (exact) mass is 368 g/mol. The van der Waals surface area contributed by atoms with E-state index in [1.165, 1.54) is 0 Å². The maximum Gasteiger partial charge on any atom is 0.261 e. The summed E-state index contributed by atoms with van der Waals surface area (Å²) in [6, 6.07) is 17.0. The summed E-state index contributed by atoms with van der Waals surface area (Å²) >= 11 is 0. The first kappa shape index (κ1) is 20.5. The fourth-order valence-electron chi connectivity index (χ4n) is 3.00. The summed E-state index contributed by atoms with van der Waals surface area (Å²) in [5, 5.41) is 2.66. The van der Waals surface area contributed by atoms with Crippen LogP contribution in [0.4, 0.5) is 0 Å². The van der Waals surface area contributed by atoms with E-state index < -0.39 is 6.04 Å². The van der Waals surface area contributed by atoms with E-state index in [0.717, 1.165) is 11.1 Å². The minimum absolute atomic E-state index is 0.0915. The lowest BCUT2D eigenvalue weighted by Gasteiger charge is -2.30. The molecule has 0 aliphatic heterocycles. The highest BCUT2D eigenvalue weighted by atomic mass is 16.5. The van der Waals surface area contributed by atoms with Gasteiger partial charge in [0.15, 0.2) is 6.61 Å². The molecule has 1 N–H and O–H groups in total. The summed E-state index contributed by atoms with van der Waals surface area (Å²) in [6.07, 6.45) is 1.23. The lowest BCUT2D eigenvalue weighted by molar-refractivity contribution is -0.142. The smallest absolute Gasteiger partial charge is 0.261 e. The van der Waals surface area contributed by atoms with Gasteiger partial charge >= 0.3 is 0 Å². The summed E-state index contributed by atoms with van der Waals surface area (Å²) in [5.41, 5.74) is 2.19. The molecule has 0 aromatic heterocycles. The highest BCUT2D eigenvalue weighted by Crippen LogP contribution is 2.14. The standard InChI is InChI=1S/C22H28N2O3/c1-4-20(22(26)23-3)24(14-13-18-10-6-5-7-11-18)21(25)16-27-19-12-8-9-17(2)15-19/h5-12,15,20H,4,13-14,16H2,1-3H3,(H,23,26)/t20-/m1/s1. The molecule has 5 heteroatoms. The molecule has 1 atom stereocenters. The number of nitrogens with zero attached hydrogens (tertiary/aromatic N) is 1. The summed E-state index contributed by atoms with van der Waals surface area (Å²) in [7, 11) is 1.59. The van der Waals surface area contributed by atoms with Crippen molar-refractivity contribution in [2.45, 2.75) is 32.7 Å². The second-order valence-corrected chi connectivity index (χ2v) is 6.47. The number of ether oxygens (including phenoxy) is 1. The number of aryl methyl sites for hydroxylation is 1. The molecule has 0 aliphatic rings. The summed E-state index contributed by atoms with van der Waals surface area (Å²) < 4.78 is 5.67. The average Bonchev–Trinajstić information content (AvgIpc) is 2.69. The van der Waals surface area contributed by atoms with Crippen LogP contribution in [0.15, 0.2) is 54.6 Å². The molecule has 0 fully saturated rings. The zero-order chi connectivity index (χ0) is 19.6. The van der Waals surface area contributed by atoms with Crippen LogP contribution in [-0.2, 0) is 16.0 Å². The number of carbonyl (C=O) groups is 2. The molecule has 0 heterocycles. The Morgan fingerprint density at radius 1 is 1.11 bits per heavy atom. The molecule has 2 aromatic carbocycles. The molecule has 2 rings (SSSR count). The van der Waals surface area contributed by atoms with E-state index in [4.69, 9.17) is 4.74 Å². The molecule has 0 saturated carbocycles. The molecule has 0 bridgehead atoms. The third kappa shape index (κ3) is 6.13. The molecule has 0 aliphatic carbocycles. The quantitative estimate of drug-likeness (QED) is 0.740. The highest BCUT2D eigenvalue weighted by Gasteiger charge is 2.27. The van der Waals surface area contributed by atoms with Crippen LogP contribution in [0.25, 0.3) is 0 Å². The molecule has 5 nitrogen and oxygen atoms in total. The molecule has 0 radical (unpaired) electrons. The van der Waals surface area contributed by atoms with Gasteiger partial charge in [-0.05, 0) is 43.0 Å². The number of amides is 2. The lowest BCUT2D eigenvalue weighted by Crippen LogP contribution is -2.50. The Balaban J connectivity index is 2.09. The summed E-state index contributed by atoms with van der Waals surface area (Å²) in [5.74, 6) is 0.303. The van der Waals surface area contributed by atoms with Crippen molar-refractivity contribution in [3.63, 3.8) is 0 Å². The predicted molar refractivity (Wildman–Crippen MR) is 107 cm³/mol. The van der Waals surface area contributed by atoms with Crippen molar-refractivity contribution in [1.29, 1.82) is 0 Å². The third-order valence-corrected chi connectivity index (χ3v) is 4.47. The molecule has 2 aromatic rings. The number of rotatable bonds is 9. The van der Waals surface area contributed by atoms with Gasteiger partial charge < -0.3 is 15.0 Å². The van der Waals surface area contributed by atoms with Gasteiger partial charge in [0.25, 0.3) is 5.91 Å². The summed E-state index contributed by atoms with van der Waals surface area (Å²) in [4.78, 5) is 26.8. The SMILES string of the molecule is CC[C@H](C(=O)NC)N(CCc1ccccc1)C(=O)COc1cccc(C)c1. The fourth-order valence-corrected chi connectivity index (χ4v) is 3.00. The normalized spacial score (nSPS) is 11.5. The first-order valence-electron chi connectivity index (χ1n) is 9.29. The van der Waals surface area contributed by atoms with Crippen LogP contribution in [0.3, 0.4) is 0 Å². The van der Waals surface area contributed by atoms with Gasteiger partial charge in [0, 0.05) is 13.6 Å². The number of hydrogen-bond donors (Lipinski definition) is 1. The zero-order valence-corrected chi connectivity index (χ0v) is 16.3. The first-order valence-corrected chi connectivity index (χ1v) is 9.29. The van der Waals surface area contributed by atoms with Gasteiger partial charge in [-0.2, -0.15) is 0 Å². The van der Waals surface area contributed by atoms with Gasteiger partial charge in [-0.25, -0.2) is 0 Å². The predicted octanol–water partition coefficient (Wildman–Crippen LogP) is 2.97. The van der Waals surface area contributed by atoms with Crippen molar-refractivity contribution in [1.82, 2.24) is 10.2 Å². The minimum Gasteiger partial charge on any atom is -0.484 e. The Hall–Kier alpha value is -2.82. The zero-order valence-electron chi connectivity index (χ0n) is 16.3. The molecule has 2 amide bonds. The number of benzene rings is 2. The van der Waals surface area contributed by atoms with Gasteiger partial charge in [0.2, 0.25) is 5.91 Å². The van der Waals surface area contributed by atoms with Crippen molar-refractivity contribution in [3.8, 4) is 5.75 Å². The highest BCUT2D eigenvalue weighted by molar-refractivity contribution is 5.88. The van der Waals surface area contributed by atoms with Crippen molar-refractivity contribution in [2.24, 2.45) is 0 Å². The molecule has 0 unspecified atom stereocenters. The number of hydrogen-bond acceptors (Lipinski definition) is 3. The molecule has 0 spiro atoms. The van der Waals surface area contributed by atoms with Gasteiger partial charge in [0.05, 0.1) is 0 Å². The molecule has 27 heavy (non-hydrogen) atoms. The van der Waals surface area contributed by atoms with E-state index in [9.17, 15) is 9.59 Å². The van der Waals surface area contributed by atoms with Crippen molar-refractivity contribution < 1.29 is 14.3 Å². The van der Waals surface area contributed by atoms with Gasteiger partial charge in [-0.15, -0.1) is 0 Å². The van der Waals surface area contributed by atoms with Crippen LogP contribution in [-0.4, -0.2) is 43.0 Å². The Morgan fingerprint density at radius 2 is 1.85 bits per heavy atom. The first-order chi connectivity index (χ1) is 13.0. The van der Waals surface area contributed by atoms with E-state index in [1.807, 2.05) is 68.4 Å². The average molecular weight is 368 g/mol. The maximum atomic E-state index is 12.9. The van der Waals surface area contributed by atoms with Crippen molar-refractivity contribution >= 4 is 11.8 Å². The van der Waals surface area contributed by atoms with Crippen molar-refractivity contribution in [3.05, 3.63) is 65.7 Å². The van der Waals surface area contributed by atoms with Gasteiger partial charge in [-0.3, -0.25) is 9.59 Å². The minimum atomic E-state index is -0.507. The van der Waals surface area contributed by atoms with E-state index in [-0.39, 0.29) is 18.4 Å². The second-order valence-electron chi connectivity index (χ2n) is 6.47. The maximum absolute atomic E-state index is 12.9. The number of carbonyl (C=O) groups excluding carboxylic acids is 2.